The van der Waals surface area contributed by atoms with Gasteiger partial charge in [0, 0.05) is 60.6 Å². The molecule has 1 fully saturated rings. The molecule has 0 aliphatic carbocycles. The number of ether oxygens (including phenoxy) is 2. The van der Waals surface area contributed by atoms with Crippen LogP contribution in [0, 0.1) is 11.3 Å². The van der Waals surface area contributed by atoms with E-state index in [1.165, 1.54) is 3.97 Å². The zero-order chi connectivity index (χ0) is 27.0. The van der Waals surface area contributed by atoms with Crippen molar-refractivity contribution in [3.8, 4) is 34.1 Å². The van der Waals surface area contributed by atoms with Gasteiger partial charge in [0.05, 0.1) is 29.9 Å². The van der Waals surface area contributed by atoms with E-state index in [1.54, 1.807) is 65.7 Å². The van der Waals surface area contributed by atoms with E-state index in [-0.39, 0.29) is 11.0 Å². The number of aromatic nitrogens is 4. The quantitative estimate of drug-likeness (QED) is 0.305. The number of nitriles is 1. The predicted octanol–water partition coefficient (Wildman–Crippen LogP) is 4.77. The summed E-state index contributed by atoms with van der Waals surface area (Å²) in [5.74, 6) is 0.503. The number of pyridine rings is 1. The fourth-order valence-electron chi connectivity index (χ4n) is 4.79. The lowest BCUT2D eigenvalue weighted by molar-refractivity contribution is 0.0254. The molecular weight excluding hydrogens is 514 g/mol. The van der Waals surface area contributed by atoms with Crippen molar-refractivity contribution in [3.05, 3.63) is 84.9 Å². The predicted molar refractivity (Wildman–Crippen MR) is 146 cm³/mol. The second-order valence-corrected chi connectivity index (χ2v) is 11.2. The molecule has 0 unspecified atom stereocenters. The Hall–Kier alpha value is -4.46. The molecule has 10 heteroatoms. The Bertz CT molecular complexity index is 1810. The minimum atomic E-state index is -3.93. The van der Waals surface area contributed by atoms with Crippen LogP contribution in [0.4, 0.5) is 0 Å². The number of benzene rings is 2. The summed E-state index contributed by atoms with van der Waals surface area (Å²) in [6.07, 6.45) is 8.34. The summed E-state index contributed by atoms with van der Waals surface area (Å²) in [5.41, 5.74) is 3.64. The standard InChI is InChI=1S/C29H25N5O4S/c1-33-18-23(17-32-33)22-14-26-27(19-34(29(26)31-16-22)39(35,36)25-5-3-2-4-6-25)20-7-8-28(21(13-20)15-30)38-24-9-11-37-12-10-24/h2-8,13-14,16-19,24H,9-12H2,1H3. The van der Waals surface area contributed by atoms with Gasteiger partial charge in [0.1, 0.15) is 17.9 Å². The van der Waals surface area contributed by atoms with Gasteiger partial charge in [-0.2, -0.15) is 10.4 Å². The van der Waals surface area contributed by atoms with Crippen LogP contribution in [0.25, 0.3) is 33.3 Å². The van der Waals surface area contributed by atoms with Crippen molar-refractivity contribution in [2.45, 2.75) is 23.8 Å². The van der Waals surface area contributed by atoms with Gasteiger partial charge in [-0.3, -0.25) is 4.68 Å². The van der Waals surface area contributed by atoms with E-state index in [2.05, 4.69) is 16.2 Å². The van der Waals surface area contributed by atoms with Crippen LogP contribution in [0.3, 0.4) is 0 Å². The Labute approximate surface area is 225 Å². The van der Waals surface area contributed by atoms with Crippen molar-refractivity contribution in [1.82, 2.24) is 18.7 Å². The first-order valence-corrected chi connectivity index (χ1v) is 14.0. The van der Waals surface area contributed by atoms with E-state index in [1.807, 2.05) is 25.4 Å². The molecule has 0 bridgehead atoms. The summed E-state index contributed by atoms with van der Waals surface area (Å²) in [6.45, 7) is 1.26. The van der Waals surface area contributed by atoms with Crippen LogP contribution in [0.2, 0.25) is 0 Å². The Kier molecular flexibility index (Phi) is 6.38. The van der Waals surface area contributed by atoms with Crippen LogP contribution >= 0.6 is 0 Å². The smallest absolute Gasteiger partial charge is 0.269 e. The van der Waals surface area contributed by atoms with Gasteiger partial charge in [-0.25, -0.2) is 17.4 Å². The molecule has 1 aliphatic heterocycles. The second-order valence-electron chi connectivity index (χ2n) is 9.41. The Balaban J connectivity index is 1.50. The Morgan fingerprint density at radius 1 is 1.00 bits per heavy atom. The lowest BCUT2D eigenvalue weighted by atomic mass is 10.0. The number of aryl methyl sites for hydroxylation is 1. The minimum Gasteiger partial charge on any atom is -0.489 e. The molecule has 0 amide bonds. The molecule has 4 heterocycles. The van der Waals surface area contributed by atoms with Crippen molar-refractivity contribution in [1.29, 1.82) is 5.26 Å². The van der Waals surface area contributed by atoms with Crippen LogP contribution in [-0.4, -0.2) is 46.5 Å². The van der Waals surface area contributed by atoms with Gasteiger partial charge < -0.3 is 9.47 Å². The summed E-state index contributed by atoms with van der Waals surface area (Å²) in [6, 6.07) is 17.8. The summed E-state index contributed by atoms with van der Waals surface area (Å²) >= 11 is 0. The van der Waals surface area contributed by atoms with E-state index in [9.17, 15) is 13.7 Å². The maximum absolute atomic E-state index is 13.7. The van der Waals surface area contributed by atoms with Crippen LogP contribution in [0.5, 0.6) is 5.75 Å². The fourth-order valence-corrected chi connectivity index (χ4v) is 6.13. The molecule has 1 aliphatic rings. The molecule has 196 valence electrons. The van der Waals surface area contributed by atoms with Crippen molar-refractivity contribution in [2.24, 2.45) is 7.05 Å². The minimum absolute atomic E-state index is 0.0131. The number of rotatable bonds is 6. The monoisotopic (exact) mass is 539 g/mol. The highest BCUT2D eigenvalue weighted by Gasteiger charge is 2.24. The molecular formula is C29H25N5O4S. The van der Waals surface area contributed by atoms with E-state index in [0.29, 0.717) is 46.7 Å². The van der Waals surface area contributed by atoms with Gasteiger partial charge in [0.15, 0.2) is 5.65 Å². The molecule has 0 radical (unpaired) electrons. The number of hydrogen-bond acceptors (Lipinski definition) is 7. The van der Waals surface area contributed by atoms with Crippen molar-refractivity contribution >= 4 is 21.1 Å². The third-order valence-corrected chi connectivity index (χ3v) is 8.49. The van der Waals surface area contributed by atoms with Gasteiger partial charge in [0.2, 0.25) is 0 Å². The van der Waals surface area contributed by atoms with Crippen LogP contribution in [0.1, 0.15) is 18.4 Å². The third-order valence-electron chi connectivity index (χ3n) is 6.82. The Morgan fingerprint density at radius 3 is 2.51 bits per heavy atom. The number of hydrogen-bond donors (Lipinski definition) is 0. The van der Waals surface area contributed by atoms with Crippen molar-refractivity contribution in [2.75, 3.05) is 13.2 Å². The normalized spacial score (nSPS) is 14.4. The molecule has 1 saturated heterocycles. The molecule has 0 spiro atoms. The molecule has 0 N–H and O–H groups in total. The first kappa shape index (κ1) is 24.9. The summed E-state index contributed by atoms with van der Waals surface area (Å²) in [7, 11) is -2.10. The van der Waals surface area contributed by atoms with Crippen LogP contribution in [0.15, 0.2) is 84.3 Å². The topological polar surface area (TPSA) is 112 Å². The van der Waals surface area contributed by atoms with E-state index < -0.39 is 10.0 Å². The molecule has 39 heavy (non-hydrogen) atoms. The maximum Gasteiger partial charge on any atom is 0.269 e. The van der Waals surface area contributed by atoms with Gasteiger partial charge in [-0.05, 0) is 35.9 Å². The van der Waals surface area contributed by atoms with E-state index >= 15 is 0 Å². The van der Waals surface area contributed by atoms with Gasteiger partial charge in [-0.15, -0.1) is 0 Å². The summed E-state index contributed by atoms with van der Waals surface area (Å²) in [4.78, 5) is 4.74. The zero-order valence-corrected chi connectivity index (χ0v) is 22.0. The zero-order valence-electron chi connectivity index (χ0n) is 21.2. The molecule has 0 atom stereocenters. The largest absolute Gasteiger partial charge is 0.489 e. The average Bonchev–Trinajstić information content (AvgIpc) is 3.58. The lowest BCUT2D eigenvalue weighted by Crippen LogP contribution is -2.26. The first-order chi connectivity index (χ1) is 18.9. The first-order valence-electron chi connectivity index (χ1n) is 12.5. The number of nitrogens with zero attached hydrogens (tertiary/aromatic N) is 5. The van der Waals surface area contributed by atoms with Crippen LogP contribution in [-0.2, 0) is 21.8 Å². The molecule has 9 nitrogen and oxygen atoms in total. The summed E-state index contributed by atoms with van der Waals surface area (Å²) in [5, 5.41) is 14.8. The van der Waals surface area contributed by atoms with Gasteiger partial charge in [-0.1, -0.05) is 24.3 Å². The molecule has 2 aromatic carbocycles. The fraction of sp³-hybridized carbons (Fsp3) is 0.207. The third kappa shape index (κ3) is 4.67. The van der Waals surface area contributed by atoms with Gasteiger partial charge >= 0.3 is 0 Å². The van der Waals surface area contributed by atoms with Crippen LogP contribution < -0.4 is 4.74 Å². The number of fused-ring (bicyclic) bond motifs is 1. The summed E-state index contributed by atoms with van der Waals surface area (Å²) < 4.78 is 41.8. The molecule has 5 aromatic rings. The van der Waals surface area contributed by atoms with Gasteiger partial charge in [0.25, 0.3) is 10.0 Å². The highest BCUT2D eigenvalue weighted by atomic mass is 32.2. The van der Waals surface area contributed by atoms with Crippen molar-refractivity contribution in [3.63, 3.8) is 0 Å². The highest BCUT2D eigenvalue weighted by Crippen LogP contribution is 2.36. The maximum atomic E-state index is 13.7. The molecule has 6 rings (SSSR count). The van der Waals surface area contributed by atoms with Crippen molar-refractivity contribution < 1.29 is 17.9 Å². The van der Waals surface area contributed by atoms with E-state index in [4.69, 9.17) is 9.47 Å². The van der Waals surface area contributed by atoms with E-state index in [0.717, 1.165) is 24.0 Å². The lowest BCUT2D eigenvalue weighted by Gasteiger charge is -2.23. The second kappa shape index (κ2) is 10.0. The SMILES string of the molecule is Cn1cc(-c2cnc3c(c2)c(-c2ccc(OC4CCOCC4)c(C#N)c2)cn3S(=O)(=O)c2ccccc2)cn1. The Morgan fingerprint density at radius 2 is 1.79 bits per heavy atom. The molecule has 3 aromatic heterocycles. The highest BCUT2D eigenvalue weighted by molar-refractivity contribution is 7.90. The molecule has 0 saturated carbocycles. The average molecular weight is 540 g/mol.